The molecule has 10 nitrogen and oxygen atoms in total. The molecular weight excluding hydrogens is 650 g/mol. The van der Waals surface area contributed by atoms with Crippen molar-refractivity contribution in [2.75, 3.05) is 13.2 Å². The van der Waals surface area contributed by atoms with Crippen LogP contribution in [0.5, 0.6) is 0 Å². The first kappa shape index (κ1) is 47.7. The minimum Gasteiger partial charge on any atom is -0.394 e. The summed E-state index contributed by atoms with van der Waals surface area (Å²) in [4.78, 5) is 13.0. The van der Waals surface area contributed by atoms with E-state index < -0.39 is 61.5 Å². The van der Waals surface area contributed by atoms with E-state index >= 15 is 0 Å². The van der Waals surface area contributed by atoms with Gasteiger partial charge < -0.3 is 45.4 Å². The van der Waals surface area contributed by atoms with Gasteiger partial charge in [-0.05, 0) is 38.0 Å². The van der Waals surface area contributed by atoms with Crippen molar-refractivity contribution in [3.05, 3.63) is 24.3 Å². The summed E-state index contributed by atoms with van der Waals surface area (Å²) >= 11 is 0. The smallest absolute Gasteiger partial charge is 0.249 e. The fraction of sp³-hybridized carbons (Fsp3) is 0.878. The van der Waals surface area contributed by atoms with Crippen LogP contribution in [-0.2, 0) is 14.3 Å². The highest BCUT2D eigenvalue weighted by molar-refractivity contribution is 5.80. The number of carbonyl (C=O) groups is 1. The normalized spacial score (nSPS) is 23.0. The Kier molecular flexibility index (Phi) is 29.0. The molecule has 0 aliphatic carbocycles. The van der Waals surface area contributed by atoms with Crippen LogP contribution in [0.1, 0.15) is 162 Å². The molecule has 300 valence electrons. The van der Waals surface area contributed by atoms with Gasteiger partial charge in [0.05, 0.1) is 25.4 Å². The summed E-state index contributed by atoms with van der Waals surface area (Å²) in [6.07, 6.45) is 22.8. The van der Waals surface area contributed by atoms with E-state index in [2.05, 4.69) is 38.2 Å². The van der Waals surface area contributed by atoms with E-state index in [4.69, 9.17) is 9.47 Å². The van der Waals surface area contributed by atoms with Crippen LogP contribution in [0.3, 0.4) is 0 Å². The Bertz CT molecular complexity index is 883. The zero-order valence-corrected chi connectivity index (χ0v) is 32.4. The van der Waals surface area contributed by atoms with Crippen LogP contribution in [0.15, 0.2) is 24.3 Å². The van der Waals surface area contributed by atoms with E-state index in [1.165, 1.54) is 89.9 Å². The van der Waals surface area contributed by atoms with Gasteiger partial charge in [0.25, 0.3) is 0 Å². The number of hydrogen-bond donors (Lipinski definition) is 7. The third-order valence-electron chi connectivity index (χ3n) is 9.81. The third kappa shape index (κ3) is 23.1. The molecule has 1 fully saturated rings. The zero-order valence-electron chi connectivity index (χ0n) is 32.4. The van der Waals surface area contributed by atoms with Crippen LogP contribution in [0.2, 0.25) is 0 Å². The number of amides is 1. The van der Waals surface area contributed by atoms with Gasteiger partial charge in [0, 0.05) is 0 Å². The average molecular weight is 728 g/mol. The molecule has 0 aromatic rings. The lowest BCUT2D eigenvalue weighted by atomic mass is 9.99. The predicted octanol–water partition coefficient (Wildman–Crippen LogP) is 6.38. The van der Waals surface area contributed by atoms with Crippen LogP contribution in [-0.4, -0.2) is 98.7 Å². The Balaban J connectivity index is 2.52. The number of carbonyl (C=O) groups excluding carboxylic acids is 1. The summed E-state index contributed by atoms with van der Waals surface area (Å²) < 4.78 is 11.1. The minimum absolute atomic E-state index is 0.305. The summed E-state index contributed by atoms with van der Waals surface area (Å²) in [5, 5.41) is 64.3. The molecule has 0 saturated carbocycles. The van der Waals surface area contributed by atoms with E-state index in [1.54, 1.807) is 6.08 Å². The molecule has 0 aromatic heterocycles. The molecule has 1 amide bonds. The molecule has 1 heterocycles. The Morgan fingerprint density at radius 1 is 0.706 bits per heavy atom. The van der Waals surface area contributed by atoms with Crippen LogP contribution >= 0.6 is 0 Å². The second-order valence-electron chi connectivity index (χ2n) is 15.0. The first-order valence-electron chi connectivity index (χ1n) is 20.5. The van der Waals surface area contributed by atoms with Crippen molar-refractivity contribution in [1.82, 2.24) is 5.32 Å². The van der Waals surface area contributed by atoms with Crippen LogP contribution in [0.4, 0.5) is 0 Å². The number of nitrogens with one attached hydrogen (secondary N) is 1. The summed E-state index contributed by atoms with van der Waals surface area (Å²) in [6.45, 7) is 5.86. The molecule has 0 unspecified atom stereocenters. The molecule has 1 saturated heterocycles. The Morgan fingerprint density at radius 3 is 1.82 bits per heavy atom. The van der Waals surface area contributed by atoms with Crippen LogP contribution in [0.25, 0.3) is 0 Å². The number of aliphatic hydroxyl groups excluding tert-OH is 6. The van der Waals surface area contributed by atoms with Crippen molar-refractivity contribution in [2.24, 2.45) is 5.92 Å². The van der Waals surface area contributed by atoms with Gasteiger partial charge in [-0.2, -0.15) is 0 Å². The standard InChI is InChI=1S/C41H77NO9/c1-4-5-6-7-8-9-10-11-12-16-19-22-25-28-34(44)33(31-50-41-39(48)38(47)37(46)36(30-43)51-41)42-40(49)35(45)29-26-23-20-17-14-13-15-18-21-24-27-32(2)3/h12,16,25,28,32-39,41,43-48H,4-11,13-15,17-24,26-27,29-31H2,1-3H3,(H,42,49)/b16-12+,28-25+/t33-,34+,35+,36-,37+,38+,39-,41-/m0/s1. The molecule has 0 spiro atoms. The van der Waals surface area contributed by atoms with E-state index in [-0.39, 0.29) is 6.61 Å². The summed E-state index contributed by atoms with van der Waals surface area (Å²) in [5.41, 5.74) is 0. The Hall–Kier alpha value is -1.37. The third-order valence-corrected chi connectivity index (χ3v) is 9.81. The monoisotopic (exact) mass is 728 g/mol. The van der Waals surface area contributed by atoms with Gasteiger partial charge in [0.1, 0.15) is 30.5 Å². The van der Waals surface area contributed by atoms with Gasteiger partial charge in [-0.3, -0.25) is 4.79 Å². The van der Waals surface area contributed by atoms with E-state index in [0.717, 1.165) is 38.0 Å². The van der Waals surface area contributed by atoms with Gasteiger partial charge >= 0.3 is 0 Å². The molecule has 7 N–H and O–H groups in total. The van der Waals surface area contributed by atoms with E-state index in [9.17, 15) is 35.4 Å². The molecule has 10 heteroatoms. The molecule has 0 aromatic carbocycles. The van der Waals surface area contributed by atoms with Crippen LogP contribution < -0.4 is 5.32 Å². The molecule has 1 rings (SSSR count). The van der Waals surface area contributed by atoms with Crippen molar-refractivity contribution in [3.63, 3.8) is 0 Å². The number of aliphatic hydroxyl groups is 6. The fourth-order valence-corrected chi connectivity index (χ4v) is 6.36. The Labute approximate surface area is 310 Å². The largest absolute Gasteiger partial charge is 0.394 e. The first-order valence-corrected chi connectivity index (χ1v) is 20.5. The molecular formula is C41H77NO9. The maximum absolute atomic E-state index is 13.0. The molecule has 0 radical (unpaired) electrons. The number of unbranched alkanes of at least 4 members (excludes halogenated alkanes) is 17. The molecule has 0 bridgehead atoms. The molecule has 1 aliphatic heterocycles. The SMILES string of the molecule is CCCCCCCCC/C=C/CC/C=C/[C@@H](O)[C@H](CO[C@H]1O[C@@H](CO)[C@@H](O)[C@@H](O)[C@@H]1O)NC(=O)[C@H](O)CCCCCCCCCCCCC(C)C. The van der Waals surface area contributed by atoms with Crippen molar-refractivity contribution >= 4 is 5.91 Å². The minimum atomic E-state index is -1.61. The summed E-state index contributed by atoms with van der Waals surface area (Å²) in [6, 6.07) is -0.992. The van der Waals surface area contributed by atoms with Gasteiger partial charge in [-0.25, -0.2) is 0 Å². The maximum Gasteiger partial charge on any atom is 0.249 e. The first-order chi connectivity index (χ1) is 24.6. The van der Waals surface area contributed by atoms with Crippen molar-refractivity contribution in [3.8, 4) is 0 Å². The van der Waals surface area contributed by atoms with Gasteiger partial charge in [-0.15, -0.1) is 0 Å². The lowest BCUT2D eigenvalue weighted by Crippen LogP contribution is -2.60. The van der Waals surface area contributed by atoms with Gasteiger partial charge in [-0.1, -0.05) is 154 Å². The molecule has 8 atom stereocenters. The highest BCUT2D eigenvalue weighted by Crippen LogP contribution is 2.22. The molecule has 51 heavy (non-hydrogen) atoms. The van der Waals surface area contributed by atoms with Crippen LogP contribution in [0, 0.1) is 5.92 Å². The lowest BCUT2D eigenvalue weighted by molar-refractivity contribution is -0.302. The summed E-state index contributed by atoms with van der Waals surface area (Å²) in [7, 11) is 0. The number of allylic oxidation sites excluding steroid dienone is 3. The van der Waals surface area contributed by atoms with E-state index in [0.29, 0.717) is 19.3 Å². The number of rotatable bonds is 32. The second kappa shape index (κ2) is 31.0. The fourth-order valence-electron chi connectivity index (χ4n) is 6.36. The molecule has 1 aliphatic rings. The zero-order chi connectivity index (χ0) is 37.7. The topological polar surface area (TPSA) is 169 Å². The average Bonchev–Trinajstić information content (AvgIpc) is 3.11. The van der Waals surface area contributed by atoms with Gasteiger partial charge in [0.15, 0.2) is 6.29 Å². The second-order valence-corrected chi connectivity index (χ2v) is 15.0. The quantitative estimate of drug-likeness (QED) is 0.0307. The van der Waals surface area contributed by atoms with Crippen molar-refractivity contribution in [1.29, 1.82) is 0 Å². The Morgan fingerprint density at radius 2 is 1.24 bits per heavy atom. The number of ether oxygens (including phenoxy) is 2. The lowest BCUT2D eigenvalue weighted by Gasteiger charge is -2.40. The van der Waals surface area contributed by atoms with E-state index in [1.807, 2.05) is 6.08 Å². The van der Waals surface area contributed by atoms with Gasteiger partial charge in [0.2, 0.25) is 5.91 Å². The van der Waals surface area contributed by atoms with Crippen molar-refractivity contribution in [2.45, 2.75) is 211 Å². The highest BCUT2D eigenvalue weighted by Gasteiger charge is 2.44. The maximum atomic E-state index is 13.0. The number of hydrogen-bond acceptors (Lipinski definition) is 9. The highest BCUT2D eigenvalue weighted by atomic mass is 16.7. The summed E-state index contributed by atoms with van der Waals surface area (Å²) in [5.74, 6) is 0.159. The predicted molar refractivity (Wildman–Crippen MR) is 204 cm³/mol. The van der Waals surface area contributed by atoms with Crippen molar-refractivity contribution < 1.29 is 44.9 Å².